The van der Waals surface area contributed by atoms with Crippen molar-refractivity contribution in [1.29, 1.82) is 0 Å². The zero-order valence-corrected chi connectivity index (χ0v) is 20.7. The van der Waals surface area contributed by atoms with Crippen LogP contribution in [0, 0.1) is 10.1 Å². The van der Waals surface area contributed by atoms with Gasteiger partial charge in [-0.25, -0.2) is 9.97 Å². The van der Waals surface area contributed by atoms with Crippen molar-refractivity contribution in [3.63, 3.8) is 0 Å². The van der Waals surface area contributed by atoms with Gasteiger partial charge in [0, 0.05) is 49.0 Å². The third kappa shape index (κ3) is 5.32. The number of rotatable bonds is 6. The van der Waals surface area contributed by atoms with Crippen LogP contribution >= 0.6 is 0 Å². The molecule has 0 aliphatic carbocycles. The molecular weight excluding hydrogens is 434 g/mol. The number of piperidine rings is 1. The van der Waals surface area contributed by atoms with E-state index in [-0.39, 0.29) is 27.7 Å². The zero-order chi connectivity index (χ0) is 24.5. The summed E-state index contributed by atoms with van der Waals surface area (Å²) >= 11 is 0. The zero-order valence-electron chi connectivity index (χ0n) is 20.7. The van der Waals surface area contributed by atoms with Crippen LogP contribution < -0.4 is 25.2 Å². The summed E-state index contributed by atoms with van der Waals surface area (Å²) in [7, 11) is 1.65. The average molecular weight is 470 g/mol. The van der Waals surface area contributed by atoms with Gasteiger partial charge in [-0.05, 0) is 64.8 Å². The molecule has 1 aromatic heterocycles. The molecule has 0 spiro atoms. The molecule has 0 saturated carbocycles. The number of nitro groups is 1. The molecule has 0 bridgehead atoms. The molecule has 2 aliphatic heterocycles. The molecule has 2 N–H and O–H groups in total. The van der Waals surface area contributed by atoms with Crippen molar-refractivity contribution in [2.75, 3.05) is 48.4 Å². The van der Waals surface area contributed by atoms with Gasteiger partial charge in [-0.1, -0.05) is 0 Å². The third-order valence-corrected chi connectivity index (χ3v) is 6.53. The number of nitrogens with zero attached hydrogens (tertiary/aromatic N) is 5. The maximum Gasteiger partial charge on any atom is 0.353 e. The van der Waals surface area contributed by atoms with E-state index in [1.165, 1.54) is 6.33 Å². The number of nitrogens with one attached hydrogen (secondary N) is 2. The van der Waals surface area contributed by atoms with Gasteiger partial charge in [0.05, 0.1) is 12.0 Å². The predicted molar refractivity (Wildman–Crippen MR) is 134 cm³/mol. The van der Waals surface area contributed by atoms with Gasteiger partial charge in [-0.15, -0.1) is 0 Å². The maximum atomic E-state index is 12.2. The van der Waals surface area contributed by atoms with Gasteiger partial charge in [0.25, 0.3) is 0 Å². The van der Waals surface area contributed by atoms with Crippen molar-refractivity contribution in [1.82, 2.24) is 15.3 Å². The molecule has 0 unspecified atom stereocenters. The standard InChI is InChI=1S/C24H35N7O3/c1-23(2)14-17(15-24(3,4)28-23)27-21-20(31(32)33)22(26-16-25-21)30-12-10-29(11-13-30)18-6-8-19(34-5)9-7-18/h6-9,16-17,28H,10-15H2,1-5H3,(H,25,26,27). The summed E-state index contributed by atoms with van der Waals surface area (Å²) in [6.07, 6.45) is 3.11. The number of aromatic nitrogens is 2. The Balaban J connectivity index is 1.51. The lowest BCUT2D eigenvalue weighted by Gasteiger charge is -2.46. The normalized spacial score (nSPS) is 20.1. The monoisotopic (exact) mass is 469 g/mol. The van der Waals surface area contributed by atoms with Crippen LogP contribution in [-0.2, 0) is 0 Å². The van der Waals surface area contributed by atoms with Crippen LogP contribution in [0.5, 0.6) is 5.75 Å². The first-order valence-electron chi connectivity index (χ1n) is 11.8. The van der Waals surface area contributed by atoms with Crippen molar-refractivity contribution in [2.24, 2.45) is 0 Å². The van der Waals surface area contributed by atoms with Crippen LogP contribution in [-0.4, -0.2) is 65.3 Å². The van der Waals surface area contributed by atoms with E-state index in [9.17, 15) is 10.1 Å². The van der Waals surface area contributed by atoms with Crippen molar-refractivity contribution >= 4 is 23.0 Å². The van der Waals surface area contributed by atoms with E-state index in [2.05, 4.69) is 53.2 Å². The number of ether oxygens (including phenoxy) is 1. The van der Waals surface area contributed by atoms with E-state index >= 15 is 0 Å². The Bertz CT molecular complexity index is 1000. The minimum Gasteiger partial charge on any atom is -0.497 e. The number of anilines is 3. The third-order valence-electron chi connectivity index (χ3n) is 6.53. The van der Waals surface area contributed by atoms with Crippen molar-refractivity contribution < 1.29 is 9.66 Å². The second-order valence-electron chi connectivity index (χ2n) is 10.5. The lowest BCUT2D eigenvalue weighted by Crippen LogP contribution is -2.60. The summed E-state index contributed by atoms with van der Waals surface area (Å²) in [4.78, 5) is 24.7. The van der Waals surface area contributed by atoms with Gasteiger partial charge in [0.15, 0.2) is 0 Å². The molecule has 10 nitrogen and oxygen atoms in total. The number of methoxy groups -OCH3 is 1. The first-order valence-corrected chi connectivity index (χ1v) is 11.8. The van der Waals surface area contributed by atoms with Gasteiger partial charge in [0.1, 0.15) is 12.1 Å². The quantitative estimate of drug-likeness (QED) is 0.486. The lowest BCUT2D eigenvalue weighted by atomic mass is 9.79. The minimum atomic E-state index is -0.356. The van der Waals surface area contributed by atoms with Gasteiger partial charge < -0.3 is 25.2 Å². The first kappa shape index (κ1) is 24.0. The molecule has 2 saturated heterocycles. The average Bonchev–Trinajstić information content (AvgIpc) is 2.77. The Hall–Kier alpha value is -3.14. The Labute approximate surface area is 200 Å². The van der Waals surface area contributed by atoms with Gasteiger partial charge >= 0.3 is 5.69 Å². The van der Waals surface area contributed by atoms with E-state index in [1.807, 2.05) is 29.2 Å². The van der Waals surface area contributed by atoms with Crippen LogP contribution in [0.25, 0.3) is 0 Å². The van der Waals surface area contributed by atoms with Crippen LogP contribution in [0.3, 0.4) is 0 Å². The lowest BCUT2D eigenvalue weighted by molar-refractivity contribution is -0.383. The second kappa shape index (κ2) is 9.25. The highest BCUT2D eigenvalue weighted by atomic mass is 16.6. The molecule has 2 aliphatic rings. The van der Waals surface area contributed by atoms with Crippen LogP contribution in [0.4, 0.5) is 23.0 Å². The summed E-state index contributed by atoms with van der Waals surface area (Å²) in [5, 5.41) is 19.2. The van der Waals surface area contributed by atoms with E-state index in [0.717, 1.165) is 37.4 Å². The number of hydrogen-bond donors (Lipinski definition) is 2. The highest BCUT2D eigenvalue weighted by Gasteiger charge is 2.39. The highest BCUT2D eigenvalue weighted by Crippen LogP contribution is 2.36. The first-order chi connectivity index (χ1) is 16.1. The highest BCUT2D eigenvalue weighted by molar-refractivity contribution is 5.71. The van der Waals surface area contributed by atoms with E-state index < -0.39 is 0 Å². The summed E-state index contributed by atoms with van der Waals surface area (Å²) in [6.45, 7) is 11.4. The minimum absolute atomic E-state index is 0.0467. The molecule has 10 heteroatoms. The Morgan fingerprint density at radius 2 is 1.62 bits per heavy atom. The van der Waals surface area contributed by atoms with Crippen LogP contribution in [0.15, 0.2) is 30.6 Å². The van der Waals surface area contributed by atoms with E-state index in [0.29, 0.717) is 24.7 Å². The van der Waals surface area contributed by atoms with Gasteiger partial charge in [-0.2, -0.15) is 0 Å². The van der Waals surface area contributed by atoms with Crippen molar-refractivity contribution in [2.45, 2.75) is 57.7 Å². The van der Waals surface area contributed by atoms with E-state index in [4.69, 9.17) is 4.74 Å². The molecule has 184 valence electrons. The largest absolute Gasteiger partial charge is 0.497 e. The number of benzene rings is 1. The predicted octanol–water partition coefficient (Wildman–Crippen LogP) is 3.44. The Morgan fingerprint density at radius 1 is 1.03 bits per heavy atom. The molecule has 0 radical (unpaired) electrons. The summed E-state index contributed by atoms with van der Waals surface area (Å²) in [5.41, 5.74) is 0.898. The molecule has 34 heavy (non-hydrogen) atoms. The molecule has 0 amide bonds. The van der Waals surface area contributed by atoms with Crippen molar-refractivity contribution in [3.05, 3.63) is 40.7 Å². The molecule has 3 heterocycles. The van der Waals surface area contributed by atoms with Crippen LogP contribution in [0.2, 0.25) is 0 Å². The second-order valence-corrected chi connectivity index (χ2v) is 10.5. The molecule has 2 fully saturated rings. The Kier molecular flexibility index (Phi) is 6.53. The fraction of sp³-hybridized carbons (Fsp3) is 0.583. The summed E-state index contributed by atoms with van der Waals surface area (Å²) in [5.74, 6) is 1.50. The summed E-state index contributed by atoms with van der Waals surface area (Å²) < 4.78 is 5.24. The smallest absolute Gasteiger partial charge is 0.353 e. The fourth-order valence-corrected chi connectivity index (χ4v) is 5.46. The van der Waals surface area contributed by atoms with Gasteiger partial charge in [0.2, 0.25) is 11.6 Å². The van der Waals surface area contributed by atoms with E-state index in [1.54, 1.807) is 7.11 Å². The molecule has 2 aromatic rings. The maximum absolute atomic E-state index is 12.2. The Morgan fingerprint density at radius 3 is 2.18 bits per heavy atom. The number of hydrogen-bond acceptors (Lipinski definition) is 9. The fourth-order valence-electron chi connectivity index (χ4n) is 5.46. The number of piperazine rings is 1. The SMILES string of the molecule is COc1ccc(N2CCN(c3ncnc(NC4CC(C)(C)NC(C)(C)C4)c3[N+](=O)[O-])CC2)cc1. The summed E-state index contributed by atoms with van der Waals surface area (Å²) in [6, 6.07) is 8.02. The van der Waals surface area contributed by atoms with Gasteiger partial charge in [-0.3, -0.25) is 10.1 Å². The molecule has 4 rings (SSSR count). The molecular formula is C24H35N7O3. The van der Waals surface area contributed by atoms with Crippen LogP contribution in [0.1, 0.15) is 40.5 Å². The van der Waals surface area contributed by atoms with Crippen molar-refractivity contribution in [3.8, 4) is 5.75 Å². The molecule has 0 atom stereocenters. The topological polar surface area (TPSA) is 109 Å². The molecule has 1 aromatic carbocycles.